The molecule has 0 aliphatic heterocycles. The van der Waals surface area contributed by atoms with Crippen molar-refractivity contribution in [2.45, 2.75) is 11.1 Å². The summed E-state index contributed by atoms with van der Waals surface area (Å²) in [4.78, 5) is 4.82. The minimum atomic E-state index is -3.79. The van der Waals surface area contributed by atoms with Crippen molar-refractivity contribution in [3.63, 3.8) is 0 Å². The van der Waals surface area contributed by atoms with Crippen LogP contribution in [0.15, 0.2) is 16.6 Å². The molecule has 0 radical (unpaired) electrons. The summed E-state index contributed by atoms with van der Waals surface area (Å²) in [6, 6.07) is 0. The van der Waals surface area contributed by atoms with Gasteiger partial charge in [0, 0.05) is 39.3 Å². The van der Waals surface area contributed by atoms with Gasteiger partial charge in [-0.2, -0.15) is 4.31 Å². The molecule has 2 aromatic heterocycles. The molecule has 118 valence electrons. The van der Waals surface area contributed by atoms with Gasteiger partial charge in [0.15, 0.2) is 15.8 Å². The molecule has 0 aliphatic carbocycles. The second kappa shape index (κ2) is 6.28. The maximum atomic E-state index is 12.7. The largest absolute Gasteiger partial charge is 0.389 e. The maximum Gasteiger partial charge on any atom is 0.262 e. The van der Waals surface area contributed by atoms with E-state index >= 15 is 0 Å². The summed E-state index contributed by atoms with van der Waals surface area (Å²) in [5, 5.41) is 14.3. The highest BCUT2D eigenvalue weighted by Gasteiger charge is 2.30. The zero-order valence-corrected chi connectivity index (χ0v) is 13.6. The average Bonchev–Trinajstić information content (AvgIpc) is 2.97. The monoisotopic (exact) mass is 334 g/mol. The topological polar surface area (TPSA) is 96.2 Å². The van der Waals surface area contributed by atoms with Gasteiger partial charge in [0.25, 0.3) is 10.0 Å². The van der Waals surface area contributed by atoms with Gasteiger partial charge >= 0.3 is 0 Å². The first kappa shape index (κ1) is 16.2. The molecule has 2 N–H and O–H groups in total. The normalized spacial score (nSPS) is 14.0. The SMILES string of the molecule is CNc1nc2sccn2c1S(=O)(=O)N(C)CC(O)COC. The first-order valence-electron chi connectivity index (χ1n) is 6.18. The van der Waals surface area contributed by atoms with Crippen molar-refractivity contribution in [2.24, 2.45) is 0 Å². The van der Waals surface area contributed by atoms with E-state index in [1.165, 1.54) is 29.9 Å². The molecule has 0 bridgehead atoms. The van der Waals surface area contributed by atoms with Gasteiger partial charge in [0.2, 0.25) is 0 Å². The lowest BCUT2D eigenvalue weighted by atomic mass is 10.4. The molecule has 0 saturated heterocycles. The molecule has 0 amide bonds. The van der Waals surface area contributed by atoms with Crippen LogP contribution in [-0.2, 0) is 14.8 Å². The highest BCUT2D eigenvalue weighted by atomic mass is 32.2. The molecule has 10 heteroatoms. The Labute approximate surface area is 127 Å². The number of hydrogen-bond donors (Lipinski definition) is 2. The van der Waals surface area contributed by atoms with E-state index in [4.69, 9.17) is 4.74 Å². The molecular weight excluding hydrogens is 316 g/mol. The van der Waals surface area contributed by atoms with Crippen LogP contribution in [0.1, 0.15) is 0 Å². The molecule has 2 heterocycles. The van der Waals surface area contributed by atoms with Crippen LogP contribution in [0.4, 0.5) is 5.82 Å². The summed E-state index contributed by atoms with van der Waals surface area (Å²) in [5.74, 6) is 0.287. The summed E-state index contributed by atoms with van der Waals surface area (Å²) in [5.41, 5.74) is 0. The highest BCUT2D eigenvalue weighted by molar-refractivity contribution is 7.89. The van der Waals surface area contributed by atoms with Gasteiger partial charge in [0.1, 0.15) is 0 Å². The third kappa shape index (κ3) is 3.04. The third-order valence-electron chi connectivity index (χ3n) is 2.94. The number of likely N-dealkylation sites (N-methyl/N-ethyl adjacent to an activating group) is 1. The number of nitrogens with one attached hydrogen (secondary N) is 1. The molecule has 0 aromatic carbocycles. The smallest absolute Gasteiger partial charge is 0.262 e. The molecule has 0 aliphatic rings. The number of thiazole rings is 1. The second-order valence-corrected chi connectivity index (χ2v) is 7.30. The van der Waals surface area contributed by atoms with Crippen molar-refractivity contribution in [3.8, 4) is 0 Å². The number of imidazole rings is 1. The zero-order chi connectivity index (χ0) is 15.6. The molecule has 0 fully saturated rings. The number of fused-ring (bicyclic) bond motifs is 1. The van der Waals surface area contributed by atoms with E-state index in [9.17, 15) is 13.5 Å². The van der Waals surface area contributed by atoms with Crippen LogP contribution in [-0.4, -0.2) is 67.7 Å². The third-order valence-corrected chi connectivity index (χ3v) is 5.54. The van der Waals surface area contributed by atoms with Gasteiger partial charge in [0.05, 0.1) is 12.7 Å². The van der Waals surface area contributed by atoms with Crippen LogP contribution in [0.2, 0.25) is 0 Å². The van der Waals surface area contributed by atoms with Gasteiger partial charge in [-0.1, -0.05) is 0 Å². The number of ether oxygens (including phenoxy) is 1. The maximum absolute atomic E-state index is 12.7. The molecule has 1 unspecified atom stereocenters. The lowest BCUT2D eigenvalue weighted by molar-refractivity contribution is 0.0554. The van der Waals surface area contributed by atoms with Gasteiger partial charge in [-0.05, 0) is 0 Å². The fraction of sp³-hybridized carbons (Fsp3) is 0.545. The lowest BCUT2D eigenvalue weighted by Gasteiger charge is -2.20. The molecule has 2 rings (SSSR count). The fourth-order valence-electron chi connectivity index (χ4n) is 1.96. The lowest BCUT2D eigenvalue weighted by Crippen LogP contribution is -2.36. The van der Waals surface area contributed by atoms with Crippen LogP contribution < -0.4 is 5.32 Å². The molecule has 8 nitrogen and oxygen atoms in total. The molecule has 0 spiro atoms. The van der Waals surface area contributed by atoms with Gasteiger partial charge in [-0.25, -0.2) is 13.4 Å². The number of sulfonamides is 1. The van der Waals surface area contributed by atoms with Gasteiger partial charge < -0.3 is 15.2 Å². The van der Waals surface area contributed by atoms with Crippen molar-refractivity contribution < 1.29 is 18.3 Å². The number of aliphatic hydroxyl groups is 1. The first-order chi connectivity index (χ1) is 9.91. The molecular formula is C11H18N4O4S2. The minimum absolute atomic E-state index is 0.0588. The number of anilines is 1. The Kier molecular flexibility index (Phi) is 4.84. The highest BCUT2D eigenvalue weighted by Crippen LogP contribution is 2.27. The number of rotatable bonds is 7. The number of methoxy groups -OCH3 is 1. The van der Waals surface area contributed by atoms with Crippen molar-refractivity contribution in [1.29, 1.82) is 0 Å². The molecule has 1 atom stereocenters. The number of aromatic nitrogens is 2. The van der Waals surface area contributed by atoms with Crippen molar-refractivity contribution >= 4 is 32.1 Å². The van der Waals surface area contributed by atoms with Crippen molar-refractivity contribution in [3.05, 3.63) is 11.6 Å². The van der Waals surface area contributed by atoms with E-state index in [1.807, 2.05) is 0 Å². The summed E-state index contributed by atoms with van der Waals surface area (Å²) < 4.78 is 32.8. The summed E-state index contributed by atoms with van der Waals surface area (Å²) in [7, 11) is 0.694. The Morgan fingerprint density at radius 1 is 1.62 bits per heavy atom. The second-order valence-electron chi connectivity index (χ2n) is 4.47. The molecule has 0 saturated carbocycles. The summed E-state index contributed by atoms with van der Waals surface area (Å²) in [6.45, 7) is 0.00963. The molecule has 2 aromatic rings. The van der Waals surface area contributed by atoms with E-state index < -0.39 is 16.1 Å². The van der Waals surface area contributed by atoms with E-state index in [1.54, 1.807) is 18.6 Å². The van der Waals surface area contributed by atoms with Crippen LogP contribution in [0, 0.1) is 0 Å². The van der Waals surface area contributed by atoms with Crippen LogP contribution in [0.5, 0.6) is 0 Å². The first-order valence-corrected chi connectivity index (χ1v) is 8.50. The standard InChI is InChI=1S/C11H18N4O4S2/c1-12-9-10(15-4-5-20-11(15)13-9)21(17,18)14(2)6-8(16)7-19-3/h4-5,8,12,16H,6-7H2,1-3H3. The Balaban J connectivity index is 2.38. The Hall–Kier alpha value is -1.20. The van der Waals surface area contributed by atoms with E-state index in [2.05, 4.69) is 10.3 Å². The average molecular weight is 334 g/mol. The van der Waals surface area contributed by atoms with E-state index in [0.29, 0.717) is 4.96 Å². The van der Waals surface area contributed by atoms with Gasteiger partial charge in [-0.15, -0.1) is 11.3 Å². The van der Waals surface area contributed by atoms with Crippen LogP contribution in [0.3, 0.4) is 0 Å². The quantitative estimate of drug-likeness (QED) is 0.744. The number of nitrogens with zero attached hydrogens (tertiary/aromatic N) is 3. The summed E-state index contributed by atoms with van der Waals surface area (Å²) in [6.07, 6.45) is 0.763. The predicted molar refractivity (Wildman–Crippen MR) is 80.3 cm³/mol. The number of aliphatic hydroxyl groups excluding tert-OH is 1. The Morgan fingerprint density at radius 2 is 2.33 bits per heavy atom. The number of hydrogen-bond acceptors (Lipinski definition) is 7. The fourth-order valence-corrected chi connectivity index (χ4v) is 4.19. The molecule has 21 heavy (non-hydrogen) atoms. The van der Waals surface area contributed by atoms with Gasteiger partial charge in [-0.3, -0.25) is 4.40 Å². The van der Waals surface area contributed by atoms with Crippen LogP contribution in [0.25, 0.3) is 4.96 Å². The zero-order valence-electron chi connectivity index (χ0n) is 12.0. The van der Waals surface area contributed by atoms with Crippen molar-refractivity contribution in [2.75, 3.05) is 39.7 Å². The minimum Gasteiger partial charge on any atom is -0.389 e. The van der Waals surface area contributed by atoms with E-state index in [0.717, 1.165) is 4.31 Å². The Bertz CT molecular complexity index is 709. The van der Waals surface area contributed by atoms with E-state index in [-0.39, 0.29) is 24.0 Å². The van der Waals surface area contributed by atoms with Crippen molar-refractivity contribution in [1.82, 2.24) is 13.7 Å². The summed E-state index contributed by atoms with van der Waals surface area (Å²) >= 11 is 1.35. The van der Waals surface area contributed by atoms with Crippen LogP contribution >= 0.6 is 11.3 Å². The Morgan fingerprint density at radius 3 is 2.95 bits per heavy atom. The predicted octanol–water partition coefficient (Wildman–Crippen LogP) is 0.0653.